The molecule has 0 aromatic heterocycles. The Kier molecular flexibility index (Phi) is 4.22. The van der Waals surface area contributed by atoms with Gasteiger partial charge in [0.05, 0.1) is 0 Å². The molecule has 0 aliphatic rings. The molecule has 0 spiro atoms. The van der Waals surface area contributed by atoms with Crippen molar-refractivity contribution in [2.45, 2.75) is 0 Å². The standard InChI is InChI=1S/C14H14/c1-3-5-10-13(9-4-2)14-11-7-6-8-12-14/h3-12H,1-2H2/b10-5-,13-9+. The van der Waals surface area contributed by atoms with Crippen molar-refractivity contribution in [3.63, 3.8) is 0 Å². The molecule has 0 unspecified atom stereocenters. The molecule has 0 amide bonds. The minimum absolute atomic E-state index is 1.14. The second kappa shape index (κ2) is 5.76. The maximum atomic E-state index is 3.70. The van der Waals surface area contributed by atoms with E-state index < -0.39 is 0 Å². The summed E-state index contributed by atoms with van der Waals surface area (Å²) in [6.45, 7) is 7.34. The topological polar surface area (TPSA) is 0 Å². The van der Waals surface area contributed by atoms with E-state index in [-0.39, 0.29) is 0 Å². The van der Waals surface area contributed by atoms with Gasteiger partial charge >= 0.3 is 0 Å². The fourth-order valence-corrected chi connectivity index (χ4v) is 1.18. The fourth-order valence-electron chi connectivity index (χ4n) is 1.18. The largest absolute Gasteiger partial charge is 0.0991 e. The second-order valence-electron chi connectivity index (χ2n) is 2.82. The molecule has 1 rings (SSSR count). The Labute approximate surface area is 85.6 Å². The van der Waals surface area contributed by atoms with Crippen LogP contribution in [0.25, 0.3) is 5.57 Å². The zero-order valence-electron chi connectivity index (χ0n) is 8.19. The molecule has 14 heavy (non-hydrogen) atoms. The molecule has 1 aromatic rings. The number of rotatable bonds is 4. The molecule has 0 radical (unpaired) electrons. The molecule has 0 heterocycles. The van der Waals surface area contributed by atoms with Crippen LogP contribution in [0.3, 0.4) is 0 Å². The lowest BCUT2D eigenvalue weighted by Crippen LogP contribution is -1.78. The van der Waals surface area contributed by atoms with E-state index in [1.165, 1.54) is 5.56 Å². The first-order valence-corrected chi connectivity index (χ1v) is 4.55. The van der Waals surface area contributed by atoms with Crippen LogP contribution in [0.15, 0.2) is 73.9 Å². The molecule has 0 N–H and O–H groups in total. The minimum Gasteiger partial charge on any atom is -0.0991 e. The van der Waals surface area contributed by atoms with Crippen molar-refractivity contribution in [3.8, 4) is 0 Å². The van der Waals surface area contributed by atoms with Gasteiger partial charge in [-0.25, -0.2) is 0 Å². The van der Waals surface area contributed by atoms with E-state index in [0.717, 1.165) is 5.57 Å². The van der Waals surface area contributed by atoms with E-state index in [0.29, 0.717) is 0 Å². The molecule has 0 fully saturated rings. The van der Waals surface area contributed by atoms with Gasteiger partial charge in [-0.2, -0.15) is 0 Å². The summed E-state index contributed by atoms with van der Waals surface area (Å²) in [6.07, 6.45) is 9.47. The Balaban J connectivity index is 3.01. The van der Waals surface area contributed by atoms with Gasteiger partial charge in [-0.3, -0.25) is 0 Å². The quantitative estimate of drug-likeness (QED) is 0.617. The summed E-state index contributed by atoms with van der Waals surface area (Å²) in [7, 11) is 0. The highest BCUT2D eigenvalue weighted by atomic mass is 14.0. The average molecular weight is 182 g/mol. The van der Waals surface area contributed by atoms with Gasteiger partial charge < -0.3 is 0 Å². The Morgan fingerprint density at radius 1 is 1.00 bits per heavy atom. The molecular weight excluding hydrogens is 168 g/mol. The predicted octanol–water partition coefficient (Wildman–Crippen LogP) is 4.00. The van der Waals surface area contributed by atoms with Crippen LogP contribution in [0.1, 0.15) is 5.56 Å². The maximum absolute atomic E-state index is 3.70. The first kappa shape index (κ1) is 10.3. The summed E-state index contributed by atoms with van der Waals surface area (Å²) in [5, 5.41) is 0. The van der Waals surface area contributed by atoms with Gasteiger partial charge in [0, 0.05) is 0 Å². The smallest absolute Gasteiger partial charge is 0.0184 e. The van der Waals surface area contributed by atoms with E-state index >= 15 is 0 Å². The summed E-state index contributed by atoms with van der Waals surface area (Å²) in [4.78, 5) is 0. The Morgan fingerprint density at radius 2 is 1.71 bits per heavy atom. The van der Waals surface area contributed by atoms with E-state index in [4.69, 9.17) is 0 Å². The van der Waals surface area contributed by atoms with Crippen LogP contribution in [0.4, 0.5) is 0 Å². The summed E-state index contributed by atoms with van der Waals surface area (Å²) in [5.41, 5.74) is 2.33. The van der Waals surface area contributed by atoms with Gasteiger partial charge in [-0.15, -0.1) is 0 Å². The third kappa shape index (κ3) is 2.91. The van der Waals surface area contributed by atoms with E-state index in [1.807, 2.05) is 36.4 Å². The second-order valence-corrected chi connectivity index (χ2v) is 2.82. The van der Waals surface area contributed by atoms with Crippen molar-refractivity contribution >= 4 is 5.57 Å². The van der Waals surface area contributed by atoms with Gasteiger partial charge in [0.2, 0.25) is 0 Å². The van der Waals surface area contributed by atoms with Crippen molar-refractivity contribution in [2.75, 3.05) is 0 Å². The van der Waals surface area contributed by atoms with E-state index in [9.17, 15) is 0 Å². The first-order chi connectivity index (χ1) is 6.88. The highest BCUT2D eigenvalue weighted by Gasteiger charge is 1.93. The van der Waals surface area contributed by atoms with E-state index in [2.05, 4.69) is 25.3 Å². The van der Waals surface area contributed by atoms with Crippen LogP contribution in [-0.4, -0.2) is 0 Å². The summed E-state index contributed by atoms with van der Waals surface area (Å²) >= 11 is 0. The molecule has 0 atom stereocenters. The number of hydrogen-bond acceptors (Lipinski definition) is 0. The zero-order chi connectivity index (χ0) is 10.2. The molecule has 1 aromatic carbocycles. The van der Waals surface area contributed by atoms with Gasteiger partial charge in [-0.05, 0) is 11.1 Å². The summed E-state index contributed by atoms with van der Waals surface area (Å²) < 4.78 is 0. The highest BCUT2D eigenvalue weighted by Crippen LogP contribution is 2.15. The molecule has 0 saturated carbocycles. The Bertz CT molecular complexity index is 353. The van der Waals surface area contributed by atoms with Crippen molar-refractivity contribution in [3.05, 3.63) is 79.4 Å². The molecular formula is C14H14. The van der Waals surface area contributed by atoms with Crippen molar-refractivity contribution in [1.82, 2.24) is 0 Å². The number of benzene rings is 1. The number of allylic oxidation sites excluding steroid dienone is 6. The molecule has 0 aliphatic carbocycles. The van der Waals surface area contributed by atoms with Crippen LogP contribution in [-0.2, 0) is 0 Å². The molecule has 0 nitrogen and oxygen atoms in total. The van der Waals surface area contributed by atoms with Crippen molar-refractivity contribution in [2.24, 2.45) is 0 Å². The van der Waals surface area contributed by atoms with Crippen LogP contribution in [0.2, 0.25) is 0 Å². The molecule has 70 valence electrons. The molecule has 0 aliphatic heterocycles. The first-order valence-electron chi connectivity index (χ1n) is 4.55. The number of hydrogen-bond donors (Lipinski definition) is 0. The molecule has 0 heteroatoms. The van der Waals surface area contributed by atoms with Crippen LogP contribution >= 0.6 is 0 Å². The minimum atomic E-state index is 1.14. The monoisotopic (exact) mass is 182 g/mol. The van der Waals surface area contributed by atoms with Crippen LogP contribution in [0.5, 0.6) is 0 Å². The lowest BCUT2D eigenvalue weighted by atomic mass is 10.1. The molecule has 0 saturated heterocycles. The molecule has 0 bridgehead atoms. The van der Waals surface area contributed by atoms with E-state index in [1.54, 1.807) is 12.2 Å². The van der Waals surface area contributed by atoms with Crippen LogP contribution < -0.4 is 0 Å². The van der Waals surface area contributed by atoms with Crippen molar-refractivity contribution in [1.29, 1.82) is 0 Å². The van der Waals surface area contributed by atoms with Crippen LogP contribution in [0, 0.1) is 0 Å². The lowest BCUT2D eigenvalue weighted by molar-refractivity contribution is 1.62. The average Bonchev–Trinajstić information content (AvgIpc) is 2.25. The highest BCUT2D eigenvalue weighted by molar-refractivity contribution is 5.75. The third-order valence-electron chi connectivity index (χ3n) is 1.82. The summed E-state index contributed by atoms with van der Waals surface area (Å²) in [5.74, 6) is 0. The van der Waals surface area contributed by atoms with Gasteiger partial charge in [0.1, 0.15) is 0 Å². The normalized spacial score (nSPS) is 11.6. The SMILES string of the molecule is C=C/C=C\C(=C/C=C)c1ccccc1. The van der Waals surface area contributed by atoms with Gasteiger partial charge in [0.25, 0.3) is 0 Å². The Morgan fingerprint density at radius 3 is 2.29 bits per heavy atom. The van der Waals surface area contributed by atoms with Gasteiger partial charge in [0.15, 0.2) is 0 Å². The fraction of sp³-hybridized carbons (Fsp3) is 0. The Hall–Kier alpha value is -1.82. The predicted molar refractivity (Wildman–Crippen MR) is 64.0 cm³/mol. The lowest BCUT2D eigenvalue weighted by Gasteiger charge is -2.00. The zero-order valence-corrected chi connectivity index (χ0v) is 8.19. The summed E-state index contributed by atoms with van der Waals surface area (Å²) in [6, 6.07) is 10.2. The maximum Gasteiger partial charge on any atom is -0.0184 e. The van der Waals surface area contributed by atoms with Crippen molar-refractivity contribution < 1.29 is 0 Å². The van der Waals surface area contributed by atoms with Gasteiger partial charge in [-0.1, -0.05) is 73.9 Å². The third-order valence-corrected chi connectivity index (χ3v) is 1.82.